The minimum Gasteiger partial charge on any atom is -0.406 e. The molecule has 1 aromatic rings. The zero-order chi connectivity index (χ0) is 14.4. The van der Waals surface area contributed by atoms with Crippen LogP contribution in [-0.4, -0.2) is 23.9 Å². The molecule has 1 atom stereocenters. The average molecular weight is 305 g/mol. The summed E-state index contributed by atoms with van der Waals surface area (Å²) in [5.41, 5.74) is 0.799. The van der Waals surface area contributed by atoms with Gasteiger partial charge in [-0.05, 0) is 36.3 Å². The minimum atomic E-state index is -4.63. The highest BCUT2D eigenvalue weighted by Crippen LogP contribution is 2.25. The molecule has 1 unspecified atom stereocenters. The van der Waals surface area contributed by atoms with Crippen LogP contribution in [0.1, 0.15) is 24.8 Å². The van der Waals surface area contributed by atoms with Crippen molar-refractivity contribution >= 4 is 11.8 Å². The lowest BCUT2D eigenvalue weighted by Crippen LogP contribution is -2.26. The Hall–Kier alpha value is -0.880. The van der Waals surface area contributed by atoms with Crippen LogP contribution in [0.25, 0.3) is 0 Å². The summed E-state index contributed by atoms with van der Waals surface area (Å²) >= 11 is 1.97. The lowest BCUT2D eigenvalue weighted by molar-refractivity contribution is -0.274. The van der Waals surface area contributed by atoms with E-state index in [0.717, 1.165) is 12.1 Å². The molecular formula is C14H18F3NOS. The first-order valence-corrected chi connectivity index (χ1v) is 7.75. The van der Waals surface area contributed by atoms with Gasteiger partial charge in [0.25, 0.3) is 0 Å². The van der Waals surface area contributed by atoms with Crippen LogP contribution in [0.5, 0.6) is 5.75 Å². The summed E-state index contributed by atoms with van der Waals surface area (Å²) in [6, 6.07) is 6.11. The predicted molar refractivity (Wildman–Crippen MR) is 74.9 cm³/mol. The van der Waals surface area contributed by atoms with Gasteiger partial charge in [-0.25, -0.2) is 0 Å². The molecular weight excluding hydrogens is 287 g/mol. The molecule has 0 spiro atoms. The first-order valence-electron chi connectivity index (χ1n) is 6.70. The molecule has 1 saturated heterocycles. The van der Waals surface area contributed by atoms with Crippen molar-refractivity contribution in [3.05, 3.63) is 29.8 Å². The number of rotatable bonds is 5. The fraction of sp³-hybridized carbons (Fsp3) is 0.571. The van der Waals surface area contributed by atoms with Gasteiger partial charge in [0.05, 0.1) is 0 Å². The molecule has 6 heteroatoms. The Morgan fingerprint density at radius 3 is 2.85 bits per heavy atom. The van der Waals surface area contributed by atoms with Crippen molar-refractivity contribution in [3.8, 4) is 5.75 Å². The van der Waals surface area contributed by atoms with Crippen LogP contribution >= 0.6 is 11.8 Å². The molecule has 0 bridgehead atoms. The monoisotopic (exact) mass is 305 g/mol. The Balaban J connectivity index is 1.79. The molecule has 0 aliphatic carbocycles. The van der Waals surface area contributed by atoms with E-state index in [9.17, 15) is 13.2 Å². The second kappa shape index (κ2) is 7.22. The van der Waals surface area contributed by atoms with E-state index in [-0.39, 0.29) is 5.75 Å². The van der Waals surface area contributed by atoms with E-state index in [2.05, 4.69) is 10.1 Å². The molecule has 1 aliphatic heterocycles. The summed E-state index contributed by atoms with van der Waals surface area (Å²) in [5, 5.41) is 3.93. The van der Waals surface area contributed by atoms with Gasteiger partial charge in [0.15, 0.2) is 0 Å². The molecule has 1 aliphatic rings. The first-order chi connectivity index (χ1) is 9.53. The maximum Gasteiger partial charge on any atom is 0.573 e. The van der Waals surface area contributed by atoms with E-state index in [0.29, 0.717) is 11.8 Å². The van der Waals surface area contributed by atoms with Crippen molar-refractivity contribution in [1.82, 2.24) is 5.32 Å². The number of nitrogens with one attached hydrogen (secondary N) is 1. The molecule has 0 saturated carbocycles. The Morgan fingerprint density at radius 2 is 2.15 bits per heavy atom. The molecule has 20 heavy (non-hydrogen) atoms. The molecule has 2 rings (SSSR count). The maximum atomic E-state index is 12.1. The molecule has 1 heterocycles. The normalized spacial score (nSPS) is 19.9. The van der Waals surface area contributed by atoms with Crippen LogP contribution in [0, 0.1) is 0 Å². The van der Waals surface area contributed by atoms with Crippen molar-refractivity contribution in [1.29, 1.82) is 0 Å². The van der Waals surface area contributed by atoms with Gasteiger partial charge in [-0.15, -0.1) is 13.2 Å². The fourth-order valence-corrected chi connectivity index (χ4v) is 3.47. The number of alkyl halides is 3. The molecule has 1 N–H and O–H groups in total. The summed E-state index contributed by atoms with van der Waals surface area (Å²) in [5.74, 6) is 1.05. The highest BCUT2D eigenvalue weighted by molar-refractivity contribution is 7.99. The molecule has 0 aromatic heterocycles. The summed E-state index contributed by atoms with van der Waals surface area (Å²) in [6.45, 7) is 1.46. The topological polar surface area (TPSA) is 21.3 Å². The number of hydrogen-bond acceptors (Lipinski definition) is 3. The second-order valence-electron chi connectivity index (χ2n) is 4.81. The van der Waals surface area contributed by atoms with E-state index in [4.69, 9.17) is 0 Å². The Morgan fingerprint density at radius 1 is 1.30 bits per heavy atom. The van der Waals surface area contributed by atoms with Crippen LogP contribution in [0.2, 0.25) is 0 Å². The SMILES string of the molecule is FC(F)(F)Oc1cccc(CNCC2CCCCS2)c1. The largest absolute Gasteiger partial charge is 0.573 e. The fourth-order valence-electron chi connectivity index (χ4n) is 2.20. The molecule has 112 valence electrons. The zero-order valence-corrected chi connectivity index (χ0v) is 11.9. The molecule has 1 fully saturated rings. The van der Waals surface area contributed by atoms with Crippen LogP contribution in [0.4, 0.5) is 13.2 Å². The zero-order valence-electron chi connectivity index (χ0n) is 11.1. The minimum absolute atomic E-state index is 0.163. The van der Waals surface area contributed by atoms with Crippen LogP contribution in [-0.2, 0) is 6.54 Å². The highest BCUT2D eigenvalue weighted by Gasteiger charge is 2.31. The van der Waals surface area contributed by atoms with Gasteiger partial charge in [-0.1, -0.05) is 18.6 Å². The smallest absolute Gasteiger partial charge is 0.406 e. The van der Waals surface area contributed by atoms with Gasteiger partial charge in [0.2, 0.25) is 0 Å². The van der Waals surface area contributed by atoms with Gasteiger partial charge in [-0.3, -0.25) is 0 Å². The number of benzene rings is 1. The third-order valence-electron chi connectivity index (χ3n) is 3.11. The molecule has 0 radical (unpaired) electrons. The van der Waals surface area contributed by atoms with E-state index in [1.165, 1.54) is 37.1 Å². The summed E-state index contributed by atoms with van der Waals surface area (Å²) in [6.07, 6.45) is -0.855. The van der Waals surface area contributed by atoms with Crippen LogP contribution < -0.4 is 10.1 Å². The van der Waals surface area contributed by atoms with Gasteiger partial charge in [-0.2, -0.15) is 11.8 Å². The van der Waals surface area contributed by atoms with Crippen molar-refractivity contribution in [2.24, 2.45) is 0 Å². The number of hydrogen-bond donors (Lipinski definition) is 1. The quantitative estimate of drug-likeness (QED) is 0.889. The molecule has 0 amide bonds. The van der Waals surface area contributed by atoms with Gasteiger partial charge in [0.1, 0.15) is 5.75 Å². The first kappa shape index (κ1) is 15.5. The predicted octanol–water partition coefficient (Wildman–Crippen LogP) is 3.96. The van der Waals surface area contributed by atoms with Gasteiger partial charge < -0.3 is 10.1 Å². The van der Waals surface area contributed by atoms with Crippen molar-refractivity contribution < 1.29 is 17.9 Å². The van der Waals surface area contributed by atoms with E-state index in [1.54, 1.807) is 12.1 Å². The Kier molecular flexibility index (Phi) is 5.60. The highest BCUT2D eigenvalue weighted by atomic mass is 32.2. The van der Waals surface area contributed by atoms with Crippen molar-refractivity contribution in [2.75, 3.05) is 12.3 Å². The number of ether oxygens (including phenoxy) is 1. The van der Waals surface area contributed by atoms with E-state index < -0.39 is 6.36 Å². The summed E-state index contributed by atoms with van der Waals surface area (Å²) in [4.78, 5) is 0. The van der Waals surface area contributed by atoms with Crippen LogP contribution in [0.3, 0.4) is 0 Å². The number of thioether (sulfide) groups is 1. The molecule has 2 nitrogen and oxygen atoms in total. The summed E-state index contributed by atoms with van der Waals surface area (Å²) < 4.78 is 40.3. The summed E-state index contributed by atoms with van der Waals surface area (Å²) in [7, 11) is 0. The van der Waals surface area contributed by atoms with E-state index >= 15 is 0 Å². The lowest BCUT2D eigenvalue weighted by atomic mass is 10.2. The second-order valence-corrected chi connectivity index (χ2v) is 6.22. The van der Waals surface area contributed by atoms with Crippen LogP contribution in [0.15, 0.2) is 24.3 Å². The van der Waals surface area contributed by atoms with Gasteiger partial charge in [0, 0.05) is 18.3 Å². The average Bonchev–Trinajstić information content (AvgIpc) is 2.38. The standard InChI is InChI=1S/C14H18F3NOS/c15-14(16,17)19-12-5-3-4-11(8-12)9-18-10-13-6-1-2-7-20-13/h3-5,8,13,18H,1-2,6-7,9-10H2. The van der Waals surface area contributed by atoms with Crippen molar-refractivity contribution in [3.63, 3.8) is 0 Å². The van der Waals surface area contributed by atoms with Crippen molar-refractivity contribution in [2.45, 2.75) is 37.4 Å². The third kappa shape index (κ3) is 5.63. The lowest BCUT2D eigenvalue weighted by Gasteiger charge is -2.21. The maximum absolute atomic E-state index is 12.1. The Bertz CT molecular complexity index is 419. The molecule has 1 aromatic carbocycles. The Labute approximate surface area is 121 Å². The van der Waals surface area contributed by atoms with E-state index in [1.807, 2.05) is 11.8 Å². The number of halogens is 3. The third-order valence-corrected chi connectivity index (χ3v) is 4.51. The van der Waals surface area contributed by atoms with Gasteiger partial charge >= 0.3 is 6.36 Å².